The van der Waals surface area contributed by atoms with Crippen molar-refractivity contribution in [2.24, 2.45) is 0 Å². The summed E-state index contributed by atoms with van der Waals surface area (Å²) < 4.78 is 41.1. The Morgan fingerprint density at radius 3 is 2.18 bits per heavy atom. The SMILES string of the molecule is CC(=O)OC[C@H]1O[C@@H](NC(=O)CCCN(C)C(=O)OCc2ccccc2)[C@H](F)[C@@H](OC(C)=O)[C@@H]1OC(C)=O. The molecule has 1 aliphatic rings. The summed E-state index contributed by atoms with van der Waals surface area (Å²) in [5, 5.41) is 2.37. The van der Waals surface area contributed by atoms with Crippen molar-refractivity contribution < 1.29 is 52.0 Å². The van der Waals surface area contributed by atoms with Gasteiger partial charge in [0.1, 0.15) is 19.3 Å². The molecule has 2 rings (SSSR count). The standard InChI is InChI=1S/C25H33FN2O10/c1-15(29)34-14-19-22(36-16(2)30)23(37-17(3)31)21(26)24(38-19)27-20(32)11-8-12-28(4)25(33)35-13-18-9-6-5-7-10-18/h5-7,9-10,19,21-24H,8,11-14H2,1-4H3,(H,27,32)/t19-,21-,22-,23-,24-/m1/s1. The molecule has 0 aliphatic carbocycles. The van der Waals surface area contributed by atoms with Crippen LogP contribution in [0.5, 0.6) is 0 Å². The van der Waals surface area contributed by atoms with Gasteiger partial charge in [-0.05, 0) is 12.0 Å². The van der Waals surface area contributed by atoms with E-state index in [-0.39, 0.29) is 26.0 Å². The molecule has 0 saturated carbocycles. The van der Waals surface area contributed by atoms with E-state index in [1.165, 1.54) is 11.9 Å². The lowest BCUT2D eigenvalue weighted by molar-refractivity contribution is -0.239. The number of carbonyl (C=O) groups is 5. The normalized spacial score (nSPS) is 22.5. The fraction of sp³-hybridized carbons (Fsp3) is 0.560. The van der Waals surface area contributed by atoms with Gasteiger partial charge in [-0.3, -0.25) is 19.2 Å². The maximum atomic E-state index is 15.3. The lowest BCUT2D eigenvalue weighted by Gasteiger charge is -2.42. The summed E-state index contributed by atoms with van der Waals surface area (Å²) in [6.45, 7) is 3.10. The van der Waals surface area contributed by atoms with E-state index in [1.807, 2.05) is 30.3 Å². The monoisotopic (exact) mass is 540 g/mol. The van der Waals surface area contributed by atoms with Crippen molar-refractivity contribution in [2.45, 2.75) is 70.9 Å². The van der Waals surface area contributed by atoms with Gasteiger partial charge in [-0.15, -0.1) is 0 Å². The molecule has 0 radical (unpaired) electrons. The van der Waals surface area contributed by atoms with Crippen LogP contribution in [0.3, 0.4) is 0 Å². The fourth-order valence-corrected chi connectivity index (χ4v) is 3.64. The first kappa shape index (κ1) is 30.5. The van der Waals surface area contributed by atoms with Crippen LogP contribution in [-0.2, 0) is 49.5 Å². The van der Waals surface area contributed by atoms with Gasteiger partial charge in [-0.25, -0.2) is 9.18 Å². The average molecular weight is 541 g/mol. The van der Waals surface area contributed by atoms with E-state index in [0.717, 1.165) is 26.3 Å². The average Bonchev–Trinajstić information content (AvgIpc) is 2.85. The van der Waals surface area contributed by atoms with E-state index in [1.54, 1.807) is 0 Å². The summed E-state index contributed by atoms with van der Waals surface area (Å²) in [4.78, 5) is 60.4. The van der Waals surface area contributed by atoms with Crippen LogP contribution >= 0.6 is 0 Å². The maximum absolute atomic E-state index is 15.3. The second-order valence-electron chi connectivity index (χ2n) is 8.62. The number of halogens is 1. The Bertz CT molecular complexity index is 976. The highest BCUT2D eigenvalue weighted by molar-refractivity contribution is 5.76. The van der Waals surface area contributed by atoms with Gasteiger partial charge >= 0.3 is 24.0 Å². The lowest BCUT2D eigenvalue weighted by atomic mass is 9.98. The van der Waals surface area contributed by atoms with E-state index >= 15 is 4.39 Å². The topological polar surface area (TPSA) is 147 Å². The van der Waals surface area contributed by atoms with Crippen molar-refractivity contribution in [2.75, 3.05) is 20.2 Å². The first-order valence-electron chi connectivity index (χ1n) is 12.0. The minimum Gasteiger partial charge on any atom is -0.463 e. The van der Waals surface area contributed by atoms with E-state index in [0.29, 0.717) is 0 Å². The van der Waals surface area contributed by atoms with Crippen LogP contribution in [0.2, 0.25) is 0 Å². The molecule has 1 heterocycles. The molecule has 0 spiro atoms. The molecule has 1 saturated heterocycles. The molecule has 0 aromatic heterocycles. The number of nitrogens with one attached hydrogen (secondary N) is 1. The molecule has 1 aromatic rings. The molecule has 5 atom stereocenters. The molecule has 13 heteroatoms. The van der Waals surface area contributed by atoms with Gasteiger partial charge in [-0.1, -0.05) is 30.3 Å². The Kier molecular flexibility index (Phi) is 11.9. The van der Waals surface area contributed by atoms with E-state index in [2.05, 4.69) is 5.32 Å². The second-order valence-corrected chi connectivity index (χ2v) is 8.62. The van der Waals surface area contributed by atoms with Gasteiger partial charge in [0.2, 0.25) is 5.91 Å². The van der Waals surface area contributed by atoms with Crippen molar-refractivity contribution in [3.05, 3.63) is 35.9 Å². The Morgan fingerprint density at radius 2 is 1.58 bits per heavy atom. The van der Waals surface area contributed by atoms with Gasteiger partial charge in [0, 0.05) is 40.8 Å². The van der Waals surface area contributed by atoms with Gasteiger partial charge in [-0.2, -0.15) is 0 Å². The Hall–Kier alpha value is -3.74. The highest BCUT2D eigenvalue weighted by atomic mass is 19.1. The highest BCUT2D eigenvalue weighted by Gasteiger charge is 2.51. The molecule has 1 fully saturated rings. The number of rotatable bonds is 11. The molecule has 0 unspecified atom stereocenters. The molecule has 0 bridgehead atoms. The zero-order valence-corrected chi connectivity index (χ0v) is 21.7. The van der Waals surface area contributed by atoms with Crippen LogP contribution in [0.25, 0.3) is 0 Å². The molecular weight excluding hydrogens is 507 g/mol. The Labute approximate surface area is 219 Å². The van der Waals surface area contributed by atoms with Crippen LogP contribution in [0.1, 0.15) is 39.2 Å². The lowest BCUT2D eigenvalue weighted by Crippen LogP contribution is -2.63. The van der Waals surface area contributed by atoms with Gasteiger partial charge in [0.25, 0.3) is 0 Å². The summed E-state index contributed by atoms with van der Waals surface area (Å²) >= 11 is 0. The zero-order chi connectivity index (χ0) is 28.2. The largest absolute Gasteiger partial charge is 0.463 e. The van der Waals surface area contributed by atoms with Gasteiger partial charge in [0.05, 0.1) is 0 Å². The number of amides is 2. The van der Waals surface area contributed by atoms with Crippen LogP contribution in [0.4, 0.5) is 9.18 Å². The van der Waals surface area contributed by atoms with Gasteiger partial charge < -0.3 is 33.9 Å². The summed E-state index contributed by atoms with van der Waals surface area (Å²) in [5.74, 6) is -2.93. The predicted octanol–water partition coefficient (Wildman–Crippen LogP) is 1.64. The molecule has 1 aliphatic heterocycles. The minimum absolute atomic E-state index is 0.0941. The Morgan fingerprint density at radius 1 is 0.947 bits per heavy atom. The second kappa shape index (κ2) is 14.9. The number of hydrogen-bond acceptors (Lipinski definition) is 10. The van der Waals surface area contributed by atoms with Crippen molar-refractivity contribution in [1.29, 1.82) is 0 Å². The molecule has 38 heavy (non-hydrogen) atoms. The number of carbonyl (C=O) groups excluding carboxylic acids is 5. The molecule has 210 valence electrons. The van der Waals surface area contributed by atoms with Crippen molar-refractivity contribution in [3.63, 3.8) is 0 Å². The summed E-state index contributed by atoms with van der Waals surface area (Å²) in [6.07, 6.45) is -8.39. The number of nitrogens with zero attached hydrogens (tertiary/aromatic N) is 1. The number of benzene rings is 1. The van der Waals surface area contributed by atoms with Crippen LogP contribution in [0.15, 0.2) is 30.3 Å². The molecular formula is C25H33FN2O10. The van der Waals surface area contributed by atoms with Gasteiger partial charge in [0.15, 0.2) is 24.6 Å². The predicted molar refractivity (Wildman–Crippen MR) is 128 cm³/mol. The van der Waals surface area contributed by atoms with Crippen molar-refractivity contribution >= 4 is 29.9 Å². The van der Waals surface area contributed by atoms with E-state index in [4.69, 9.17) is 23.7 Å². The number of esters is 3. The molecule has 2 amide bonds. The third-order valence-electron chi connectivity index (χ3n) is 5.39. The number of hydrogen-bond donors (Lipinski definition) is 1. The Balaban J connectivity index is 1.93. The summed E-state index contributed by atoms with van der Waals surface area (Å²) in [7, 11) is 1.52. The minimum atomic E-state index is -2.10. The van der Waals surface area contributed by atoms with Crippen LogP contribution < -0.4 is 5.32 Å². The fourth-order valence-electron chi connectivity index (χ4n) is 3.64. The van der Waals surface area contributed by atoms with Crippen molar-refractivity contribution in [1.82, 2.24) is 10.2 Å². The van der Waals surface area contributed by atoms with E-state index in [9.17, 15) is 24.0 Å². The first-order chi connectivity index (χ1) is 18.0. The third kappa shape index (κ3) is 9.96. The maximum Gasteiger partial charge on any atom is 0.409 e. The molecule has 1 N–H and O–H groups in total. The molecule has 12 nitrogen and oxygen atoms in total. The summed E-state index contributed by atoms with van der Waals surface area (Å²) in [5.41, 5.74) is 0.830. The molecule has 1 aromatic carbocycles. The van der Waals surface area contributed by atoms with Crippen LogP contribution in [0, 0.1) is 0 Å². The van der Waals surface area contributed by atoms with Crippen molar-refractivity contribution in [3.8, 4) is 0 Å². The number of ether oxygens (including phenoxy) is 5. The third-order valence-corrected chi connectivity index (χ3v) is 5.39. The van der Waals surface area contributed by atoms with E-state index < -0.39 is 67.2 Å². The van der Waals surface area contributed by atoms with Crippen LogP contribution in [-0.4, -0.2) is 85.7 Å². The summed E-state index contributed by atoms with van der Waals surface area (Å²) in [6, 6.07) is 9.14. The smallest absolute Gasteiger partial charge is 0.409 e. The zero-order valence-electron chi connectivity index (χ0n) is 21.7. The number of alkyl halides is 1. The highest BCUT2D eigenvalue weighted by Crippen LogP contribution is 2.28. The quantitative estimate of drug-likeness (QED) is 0.325. The first-order valence-corrected chi connectivity index (χ1v) is 12.0.